The number of carbonyl (C=O) groups is 1. The van der Waals surface area contributed by atoms with E-state index in [0.29, 0.717) is 24.4 Å². The highest BCUT2D eigenvalue weighted by atomic mass is 35.5. The van der Waals surface area contributed by atoms with E-state index in [2.05, 4.69) is 0 Å². The lowest BCUT2D eigenvalue weighted by Gasteiger charge is -2.29. The molecule has 122 valence electrons. The van der Waals surface area contributed by atoms with E-state index in [-0.39, 0.29) is 29.4 Å². The van der Waals surface area contributed by atoms with Crippen molar-refractivity contribution in [2.24, 2.45) is 5.92 Å². The molecule has 0 N–H and O–H groups in total. The highest BCUT2D eigenvalue weighted by Crippen LogP contribution is 2.23. The van der Waals surface area contributed by atoms with Crippen LogP contribution in [0.15, 0.2) is 24.3 Å². The fraction of sp³-hybridized carbons (Fsp3) is 0.562. The molecule has 22 heavy (non-hydrogen) atoms. The molecular formula is C16H22ClNO3S. The van der Waals surface area contributed by atoms with Gasteiger partial charge in [0.25, 0.3) is 0 Å². The summed E-state index contributed by atoms with van der Waals surface area (Å²) < 4.78 is 23.5. The van der Waals surface area contributed by atoms with Crippen molar-refractivity contribution in [2.75, 3.05) is 11.5 Å². The second-order valence-corrected chi connectivity index (χ2v) is 8.97. The molecule has 1 amide bonds. The number of amides is 1. The molecule has 0 aromatic heterocycles. The van der Waals surface area contributed by atoms with Gasteiger partial charge in [0.05, 0.1) is 11.5 Å². The van der Waals surface area contributed by atoms with Gasteiger partial charge < -0.3 is 4.90 Å². The van der Waals surface area contributed by atoms with Gasteiger partial charge in [-0.15, -0.1) is 0 Å². The monoisotopic (exact) mass is 343 g/mol. The molecule has 0 saturated carbocycles. The summed E-state index contributed by atoms with van der Waals surface area (Å²) in [6, 6.07) is 7.13. The molecule has 1 fully saturated rings. The van der Waals surface area contributed by atoms with Crippen molar-refractivity contribution in [1.82, 2.24) is 4.90 Å². The summed E-state index contributed by atoms with van der Waals surface area (Å²) in [5.74, 6) is 0.486. The molecule has 1 heterocycles. The third-order valence-electron chi connectivity index (χ3n) is 3.79. The molecule has 2 rings (SSSR count). The van der Waals surface area contributed by atoms with E-state index < -0.39 is 9.84 Å². The maximum atomic E-state index is 12.5. The second kappa shape index (κ2) is 7.01. The molecular weight excluding hydrogens is 322 g/mol. The number of sulfone groups is 1. The van der Waals surface area contributed by atoms with E-state index in [1.807, 2.05) is 32.0 Å². The summed E-state index contributed by atoms with van der Waals surface area (Å²) in [6.07, 6.45) is 0.948. The van der Waals surface area contributed by atoms with Crippen LogP contribution in [0.4, 0.5) is 0 Å². The maximum absolute atomic E-state index is 12.5. The lowest BCUT2D eigenvalue weighted by molar-refractivity contribution is -0.134. The Kier molecular flexibility index (Phi) is 5.50. The molecule has 1 aromatic rings. The topological polar surface area (TPSA) is 54.5 Å². The first-order valence-electron chi connectivity index (χ1n) is 7.51. The summed E-state index contributed by atoms with van der Waals surface area (Å²) in [4.78, 5) is 14.3. The van der Waals surface area contributed by atoms with Crippen molar-refractivity contribution < 1.29 is 13.2 Å². The first-order chi connectivity index (χ1) is 10.3. The lowest BCUT2D eigenvalue weighted by atomic mass is 10.1. The standard InChI is InChI=1S/C16H22ClNO3S/c1-12(2)8-16(19)18(15-6-7-22(20,21)11-15)10-13-4-3-5-14(17)9-13/h3-5,9,12,15H,6-8,10-11H2,1-2H3/t15-/m0/s1. The van der Waals surface area contributed by atoms with Gasteiger partial charge in [0.1, 0.15) is 0 Å². The summed E-state index contributed by atoms with van der Waals surface area (Å²) in [5, 5.41) is 0.618. The number of carbonyl (C=O) groups excluding carboxylic acids is 1. The smallest absolute Gasteiger partial charge is 0.223 e. The average Bonchev–Trinajstić information content (AvgIpc) is 2.75. The first kappa shape index (κ1) is 17.3. The van der Waals surface area contributed by atoms with Crippen LogP contribution in [0.25, 0.3) is 0 Å². The van der Waals surface area contributed by atoms with Crippen molar-refractivity contribution in [3.63, 3.8) is 0 Å². The zero-order valence-corrected chi connectivity index (χ0v) is 14.5. The van der Waals surface area contributed by atoms with Gasteiger partial charge in [0, 0.05) is 24.0 Å². The highest BCUT2D eigenvalue weighted by molar-refractivity contribution is 7.91. The molecule has 1 aliphatic rings. The summed E-state index contributed by atoms with van der Waals surface area (Å²) in [6.45, 7) is 4.38. The van der Waals surface area contributed by atoms with Gasteiger partial charge in [-0.1, -0.05) is 37.6 Å². The molecule has 4 nitrogen and oxygen atoms in total. The minimum absolute atomic E-state index is 0.0112. The fourth-order valence-corrected chi connectivity index (χ4v) is 4.68. The zero-order chi connectivity index (χ0) is 16.3. The van der Waals surface area contributed by atoms with Gasteiger partial charge in [-0.3, -0.25) is 4.79 Å². The Morgan fingerprint density at radius 1 is 1.41 bits per heavy atom. The van der Waals surface area contributed by atoms with E-state index in [9.17, 15) is 13.2 Å². The molecule has 1 atom stereocenters. The van der Waals surface area contributed by atoms with Crippen LogP contribution < -0.4 is 0 Å². The Morgan fingerprint density at radius 2 is 2.14 bits per heavy atom. The van der Waals surface area contributed by atoms with Gasteiger partial charge in [0.15, 0.2) is 9.84 Å². The van der Waals surface area contributed by atoms with Crippen molar-refractivity contribution in [3.8, 4) is 0 Å². The van der Waals surface area contributed by atoms with Gasteiger partial charge in [0.2, 0.25) is 5.91 Å². The zero-order valence-electron chi connectivity index (χ0n) is 13.0. The number of halogens is 1. The van der Waals surface area contributed by atoms with Gasteiger partial charge in [-0.25, -0.2) is 8.42 Å². The van der Waals surface area contributed by atoms with Crippen molar-refractivity contribution in [3.05, 3.63) is 34.9 Å². The van der Waals surface area contributed by atoms with Crippen molar-refractivity contribution in [2.45, 2.75) is 39.3 Å². The Morgan fingerprint density at radius 3 is 2.68 bits per heavy atom. The van der Waals surface area contributed by atoms with E-state index in [0.717, 1.165) is 5.56 Å². The molecule has 1 saturated heterocycles. The van der Waals surface area contributed by atoms with Crippen LogP contribution in [0, 0.1) is 5.92 Å². The number of benzene rings is 1. The molecule has 0 radical (unpaired) electrons. The second-order valence-electron chi connectivity index (χ2n) is 6.31. The van der Waals surface area contributed by atoms with Crippen LogP contribution in [-0.4, -0.2) is 36.8 Å². The third kappa shape index (κ3) is 4.71. The lowest BCUT2D eigenvalue weighted by Crippen LogP contribution is -2.41. The van der Waals surface area contributed by atoms with Crippen LogP contribution in [0.1, 0.15) is 32.3 Å². The summed E-state index contributed by atoms with van der Waals surface area (Å²) >= 11 is 6.00. The number of rotatable bonds is 5. The van der Waals surface area contributed by atoms with E-state index in [1.54, 1.807) is 11.0 Å². The summed E-state index contributed by atoms with van der Waals surface area (Å²) in [5.41, 5.74) is 0.925. The Balaban J connectivity index is 2.20. The maximum Gasteiger partial charge on any atom is 0.223 e. The minimum atomic E-state index is -3.02. The SMILES string of the molecule is CC(C)CC(=O)N(Cc1cccc(Cl)c1)[C@H]1CCS(=O)(=O)C1. The molecule has 6 heteroatoms. The summed E-state index contributed by atoms with van der Waals surface area (Å²) in [7, 11) is -3.02. The predicted molar refractivity (Wildman–Crippen MR) is 88.5 cm³/mol. The normalized spacial score (nSPS) is 20.3. The number of hydrogen-bond acceptors (Lipinski definition) is 3. The first-order valence-corrected chi connectivity index (χ1v) is 9.71. The molecule has 0 aliphatic carbocycles. The molecule has 1 aromatic carbocycles. The van der Waals surface area contributed by atoms with Crippen molar-refractivity contribution in [1.29, 1.82) is 0 Å². The van der Waals surface area contributed by atoms with Crippen LogP contribution >= 0.6 is 11.6 Å². The molecule has 0 spiro atoms. The molecule has 0 unspecified atom stereocenters. The van der Waals surface area contributed by atoms with Crippen LogP contribution in [0.2, 0.25) is 5.02 Å². The highest BCUT2D eigenvalue weighted by Gasteiger charge is 2.34. The predicted octanol–water partition coefficient (Wildman–Crippen LogP) is 2.90. The Bertz CT molecular complexity index is 643. The molecule has 1 aliphatic heterocycles. The van der Waals surface area contributed by atoms with Gasteiger partial charge in [-0.05, 0) is 30.0 Å². The van der Waals surface area contributed by atoms with Gasteiger partial charge >= 0.3 is 0 Å². The van der Waals surface area contributed by atoms with Crippen LogP contribution in [0.5, 0.6) is 0 Å². The van der Waals surface area contributed by atoms with E-state index >= 15 is 0 Å². The fourth-order valence-electron chi connectivity index (χ4n) is 2.74. The van der Waals surface area contributed by atoms with Gasteiger partial charge in [-0.2, -0.15) is 0 Å². The number of nitrogens with zero attached hydrogens (tertiary/aromatic N) is 1. The minimum Gasteiger partial charge on any atom is -0.334 e. The average molecular weight is 344 g/mol. The Hall–Kier alpha value is -1.07. The third-order valence-corrected chi connectivity index (χ3v) is 5.78. The van der Waals surface area contributed by atoms with Crippen LogP contribution in [0.3, 0.4) is 0 Å². The largest absolute Gasteiger partial charge is 0.334 e. The van der Waals surface area contributed by atoms with E-state index in [1.165, 1.54) is 0 Å². The Labute approximate surface area is 137 Å². The number of hydrogen-bond donors (Lipinski definition) is 0. The van der Waals surface area contributed by atoms with Crippen LogP contribution in [-0.2, 0) is 21.2 Å². The van der Waals surface area contributed by atoms with E-state index in [4.69, 9.17) is 11.6 Å². The molecule has 0 bridgehead atoms. The van der Waals surface area contributed by atoms with Crippen molar-refractivity contribution >= 4 is 27.3 Å². The quantitative estimate of drug-likeness (QED) is 0.826.